The van der Waals surface area contributed by atoms with Gasteiger partial charge in [0, 0.05) is 16.8 Å². The van der Waals surface area contributed by atoms with Gasteiger partial charge in [-0.15, -0.1) is 0 Å². The fourth-order valence-corrected chi connectivity index (χ4v) is 3.77. The number of rotatable bonds is 10. The number of hydrogen-bond donors (Lipinski definition) is 2. The molecule has 2 amide bonds. The van der Waals surface area contributed by atoms with E-state index in [4.69, 9.17) is 9.47 Å². The van der Waals surface area contributed by atoms with E-state index in [0.717, 1.165) is 5.56 Å². The average Bonchev–Trinajstić information content (AvgIpc) is 3.01. The van der Waals surface area contributed by atoms with Gasteiger partial charge in [0.2, 0.25) is 0 Å². The molecule has 0 aliphatic heterocycles. The first kappa shape index (κ1) is 28.5. The summed E-state index contributed by atoms with van der Waals surface area (Å²) in [6.45, 7) is 1.50. The monoisotopic (exact) mass is 548 g/mol. The number of carbonyl (C=O) groups is 4. The summed E-state index contributed by atoms with van der Waals surface area (Å²) in [5.41, 5.74) is 3.00. The summed E-state index contributed by atoms with van der Waals surface area (Å²) in [5.74, 6) is -1.52. The minimum atomic E-state index is -0.726. The van der Waals surface area contributed by atoms with E-state index in [1.165, 1.54) is 19.2 Å². The highest BCUT2D eigenvalue weighted by atomic mass is 16.5. The van der Waals surface area contributed by atoms with E-state index >= 15 is 0 Å². The minimum absolute atomic E-state index is 0.0146. The van der Waals surface area contributed by atoms with Crippen LogP contribution in [-0.2, 0) is 9.53 Å². The van der Waals surface area contributed by atoms with E-state index in [1.54, 1.807) is 72.8 Å². The number of nitrogens with one attached hydrogen (secondary N) is 2. The highest BCUT2D eigenvalue weighted by molar-refractivity contribution is 6.11. The summed E-state index contributed by atoms with van der Waals surface area (Å²) in [6, 6.07) is 28.6. The Labute approximate surface area is 237 Å². The van der Waals surface area contributed by atoms with Gasteiger partial charge in [0.15, 0.2) is 12.4 Å². The Bertz CT molecular complexity index is 1580. The van der Waals surface area contributed by atoms with Crippen molar-refractivity contribution >= 4 is 35.3 Å². The van der Waals surface area contributed by atoms with E-state index in [9.17, 15) is 19.2 Å². The fraction of sp³-hybridized carbons (Fsp3) is 0.0909. The summed E-state index contributed by atoms with van der Waals surface area (Å²) >= 11 is 0. The van der Waals surface area contributed by atoms with Crippen molar-refractivity contribution < 1.29 is 28.7 Å². The molecule has 0 aromatic heterocycles. The summed E-state index contributed by atoms with van der Waals surface area (Å²) in [7, 11) is 1.52. The molecular weight excluding hydrogens is 520 g/mol. The van der Waals surface area contributed by atoms with Crippen LogP contribution in [0.5, 0.6) is 5.75 Å². The smallest absolute Gasteiger partial charge is 0.338 e. The van der Waals surface area contributed by atoms with Gasteiger partial charge < -0.3 is 20.1 Å². The van der Waals surface area contributed by atoms with Crippen LogP contribution in [0.2, 0.25) is 0 Å². The molecule has 0 saturated carbocycles. The Morgan fingerprint density at radius 3 is 2.12 bits per heavy atom. The van der Waals surface area contributed by atoms with Crippen molar-refractivity contribution in [3.8, 4) is 5.75 Å². The predicted molar refractivity (Wildman–Crippen MR) is 156 cm³/mol. The second-order valence-corrected chi connectivity index (χ2v) is 9.05. The molecule has 0 radical (unpaired) electrons. The van der Waals surface area contributed by atoms with E-state index in [2.05, 4.69) is 10.6 Å². The number of methoxy groups -OCH3 is 1. The quantitative estimate of drug-likeness (QED) is 0.155. The lowest BCUT2D eigenvalue weighted by Crippen LogP contribution is -2.30. The summed E-state index contributed by atoms with van der Waals surface area (Å²) in [4.78, 5) is 51.2. The van der Waals surface area contributed by atoms with Crippen molar-refractivity contribution in [1.29, 1.82) is 0 Å². The third kappa shape index (κ3) is 8.00. The normalized spacial score (nSPS) is 10.8. The number of ketones is 1. The highest BCUT2D eigenvalue weighted by Crippen LogP contribution is 2.16. The van der Waals surface area contributed by atoms with Gasteiger partial charge in [-0.3, -0.25) is 14.4 Å². The molecule has 4 aromatic rings. The molecule has 8 nitrogen and oxygen atoms in total. The van der Waals surface area contributed by atoms with Crippen LogP contribution < -0.4 is 15.4 Å². The topological polar surface area (TPSA) is 111 Å². The largest absolute Gasteiger partial charge is 0.497 e. The number of ether oxygens (including phenoxy) is 2. The number of hydrogen-bond acceptors (Lipinski definition) is 6. The zero-order valence-corrected chi connectivity index (χ0v) is 22.5. The molecule has 0 fully saturated rings. The van der Waals surface area contributed by atoms with Crippen molar-refractivity contribution in [1.82, 2.24) is 5.32 Å². The zero-order valence-electron chi connectivity index (χ0n) is 22.5. The van der Waals surface area contributed by atoms with Gasteiger partial charge in [0.25, 0.3) is 11.8 Å². The molecule has 4 aromatic carbocycles. The van der Waals surface area contributed by atoms with Crippen LogP contribution in [0.25, 0.3) is 6.08 Å². The van der Waals surface area contributed by atoms with Crippen molar-refractivity contribution in [3.63, 3.8) is 0 Å². The molecule has 8 heteroatoms. The molecule has 0 spiro atoms. The second-order valence-electron chi connectivity index (χ2n) is 9.05. The van der Waals surface area contributed by atoms with Crippen LogP contribution in [0, 0.1) is 6.92 Å². The number of Topliss-reactive ketones (excluding diaryl/α,β-unsaturated/α-hetero) is 1. The fourth-order valence-electron chi connectivity index (χ4n) is 3.77. The van der Waals surface area contributed by atoms with E-state index < -0.39 is 24.4 Å². The van der Waals surface area contributed by atoms with Crippen LogP contribution in [0.1, 0.15) is 42.2 Å². The molecule has 0 saturated heterocycles. The Balaban J connectivity index is 1.46. The first-order chi connectivity index (χ1) is 19.8. The second kappa shape index (κ2) is 13.5. The van der Waals surface area contributed by atoms with Crippen LogP contribution >= 0.6 is 0 Å². The van der Waals surface area contributed by atoms with Gasteiger partial charge in [-0.25, -0.2) is 4.79 Å². The molecule has 0 atom stereocenters. The third-order valence-corrected chi connectivity index (χ3v) is 6.02. The molecule has 0 aliphatic rings. The average molecular weight is 549 g/mol. The van der Waals surface area contributed by atoms with Crippen molar-refractivity contribution in [2.75, 3.05) is 19.0 Å². The van der Waals surface area contributed by atoms with E-state index in [-0.39, 0.29) is 17.0 Å². The van der Waals surface area contributed by atoms with Crippen LogP contribution in [-0.4, -0.2) is 37.3 Å². The molecule has 206 valence electrons. The first-order valence-electron chi connectivity index (χ1n) is 12.7. The van der Waals surface area contributed by atoms with Gasteiger partial charge in [-0.1, -0.05) is 54.1 Å². The number of carbonyl (C=O) groups excluding carboxylic acids is 4. The summed E-state index contributed by atoms with van der Waals surface area (Å²) in [5, 5.41) is 5.40. The Hall–Kier alpha value is -5.50. The molecule has 0 bridgehead atoms. The van der Waals surface area contributed by atoms with Gasteiger partial charge in [0.05, 0.1) is 12.7 Å². The molecule has 0 unspecified atom stereocenters. The first-order valence-corrected chi connectivity index (χ1v) is 12.7. The van der Waals surface area contributed by atoms with Crippen LogP contribution in [0.4, 0.5) is 5.69 Å². The molecule has 0 aliphatic carbocycles. The standard InChI is InChI=1S/C33H28N2O6/c1-22-11-13-23(14-12-22)19-29(35-31(37)25-7-4-3-5-8-25)32(38)34-27-10-6-9-26(20-27)33(39)41-21-30(36)24-15-17-28(40-2)18-16-24/h3-20H,21H2,1-2H3,(H,34,38)(H,35,37)/b29-19+. The maximum atomic E-state index is 13.3. The minimum Gasteiger partial charge on any atom is -0.497 e. The van der Waals surface area contributed by atoms with Crippen molar-refractivity contribution in [2.24, 2.45) is 0 Å². The van der Waals surface area contributed by atoms with E-state index in [1.807, 2.05) is 31.2 Å². The van der Waals surface area contributed by atoms with Gasteiger partial charge in [-0.05, 0) is 73.2 Å². The number of anilines is 1. The maximum Gasteiger partial charge on any atom is 0.338 e. The van der Waals surface area contributed by atoms with Gasteiger partial charge >= 0.3 is 5.97 Å². The number of benzene rings is 4. The maximum absolute atomic E-state index is 13.3. The van der Waals surface area contributed by atoms with Gasteiger partial charge in [0.1, 0.15) is 11.4 Å². The van der Waals surface area contributed by atoms with Crippen LogP contribution in [0.3, 0.4) is 0 Å². The Kier molecular flexibility index (Phi) is 9.41. The molecule has 41 heavy (non-hydrogen) atoms. The highest BCUT2D eigenvalue weighted by Gasteiger charge is 2.17. The molecule has 0 heterocycles. The Morgan fingerprint density at radius 1 is 0.756 bits per heavy atom. The number of esters is 1. The third-order valence-electron chi connectivity index (χ3n) is 6.02. The number of aryl methyl sites for hydroxylation is 1. The number of amides is 2. The zero-order chi connectivity index (χ0) is 29.2. The van der Waals surface area contributed by atoms with Crippen molar-refractivity contribution in [3.05, 3.63) is 137 Å². The lowest BCUT2D eigenvalue weighted by Gasteiger charge is -2.12. The molecular formula is C33H28N2O6. The summed E-state index contributed by atoms with van der Waals surface area (Å²) < 4.78 is 10.3. The lowest BCUT2D eigenvalue weighted by atomic mass is 10.1. The predicted octanol–water partition coefficient (Wildman–Crippen LogP) is 5.45. The van der Waals surface area contributed by atoms with E-state index in [0.29, 0.717) is 28.1 Å². The summed E-state index contributed by atoms with van der Waals surface area (Å²) in [6.07, 6.45) is 1.57. The molecule has 2 N–H and O–H groups in total. The Morgan fingerprint density at radius 2 is 1.44 bits per heavy atom. The lowest BCUT2D eigenvalue weighted by molar-refractivity contribution is -0.113. The SMILES string of the molecule is COc1ccc(C(=O)COC(=O)c2cccc(NC(=O)/C(=C\c3ccc(C)cc3)NC(=O)c3ccccc3)c2)cc1. The van der Waals surface area contributed by atoms with Gasteiger partial charge in [-0.2, -0.15) is 0 Å². The van der Waals surface area contributed by atoms with Crippen LogP contribution in [0.15, 0.2) is 109 Å². The molecule has 4 rings (SSSR count). The van der Waals surface area contributed by atoms with Crippen molar-refractivity contribution in [2.45, 2.75) is 6.92 Å².